The predicted octanol–water partition coefficient (Wildman–Crippen LogP) is -0.822. The van der Waals surface area contributed by atoms with Gasteiger partial charge in [-0.2, -0.15) is 18.6 Å². The summed E-state index contributed by atoms with van der Waals surface area (Å²) in [6, 6.07) is -2.55. The number of ether oxygens (including phenoxy) is 1. The number of hydroxylamine groups is 2. The number of aryl methyl sites for hydroxylation is 1. The minimum atomic E-state index is -4.96. The van der Waals surface area contributed by atoms with Gasteiger partial charge < -0.3 is 30.4 Å². The second-order valence-electron chi connectivity index (χ2n) is 9.07. The van der Waals surface area contributed by atoms with Crippen LogP contribution < -0.4 is 16.0 Å². The molecule has 0 radical (unpaired) electrons. The Balaban J connectivity index is 1.62. The SMILES string of the molecule is CN/C(=N\OCC(=O)NCCNC(=O)OC(C)(C)C)[C@@H]1c2c(cnn2C)[C@@H]2CN1C(=O)N2OS(=O)(=O)O. The molecule has 1 fully saturated rings. The van der Waals surface area contributed by atoms with Crippen molar-refractivity contribution in [2.45, 2.75) is 38.5 Å². The van der Waals surface area contributed by atoms with Crippen molar-refractivity contribution in [2.24, 2.45) is 12.2 Å². The molecule has 4 amide bonds. The summed E-state index contributed by atoms with van der Waals surface area (Å²) in [4.78, 5) is 43.1. The molecular formula is C19H30N8O9S. The summed E-state index contributed by atoms with van der Waals surface area (Å²) in [6.45, 7) is 5.01. The van der Waals surface area contributed by atoms with Gasteiger partial charge in [0.1, 0.15) is 17.7 Å². The predicted molar refractivity (Wildman–Crippen MR) is 125 cm³/mol. The topological polar surface area (TPSA) is 206 Å². The van der Waals surface area contributed by atoms with Gasteiger partial charge in [-0.25, -0.2) is 9.59 Å². The van der Waals surface area contributed by atoms with Crippen LogP contribution in [0.25, 0.3) is 0 Å². The molecule has 3 heterocycles. The summed E-state index contributed by atoms with van der Waals surface area (Å²) in [7, 11) is -1.80. The minimum Gasteiger partial charge on any atom is -0.444 e. The molecule has 206 valence electrons. The summed E-state index contributed by atoms with van der Waals surface area (Å²) in [5, 5.41) is 16.6. The van der Waals surface area contributed by atoms with Gasteiger partial charge in [-0.1, -0.05) is 5.16 Å². The highest BCUT2D eigenvalue weighted by molar-refractivity contribution is 7.80. The molecule has 1 aromatic heterocycles. The zero-order valence-electron chi connectivity index (χ0n) is 20.9. The standard InChI is InChI=1S/C19H30N8O9S/c1-19(2,3)35-17(29)22-7-6-21-13(28)10-34-24-16(20-4)15-14-11(8-23-25(14)5)12-9-26(15)18(30)27(12)36-37(31,32)33/h8,12,15H,6-7,9-10H2,1-5H3,(H,20,24)(H,21,28)(H,22,29)(H,31,32,33)/t12-,15-/m0/s1. The lowest BCUT2D eigenvalue weighted by molar-refractivity contribution is -0.125. The maximum absolute atomic E-state index is 12.9. The molecule has 2 bridgehead atoms. The first-order valence-electron chi connectivity index (χ1n) is 11.1. The number of carbonyl (C=O) groups is 3. The number of hydrogen-bond donors (Lipinski definition) is 4. The summed E-state index contributed by atoms with van der Waals surface area (Å²) in [6.07, 6.45) is 0.846. The summed E-state index contributed by atoms with van der Waals surface area (Å²) in [5.41, 5.74) is 0.345. The normalized spacial score (nSPS) is 19.4. The van der Waals surface area contributed by atoms with Crippen LogP contribution in [-0.4, -0.2) is 95.5 Å². The van der Waals surface area contributed by atoms with E-state index in [1.54, 1.807) is 27.8 Å². The molecule has 2 aliphatic heterocycles. The Bertz CT molecular complexity index is 1180. The van der Waals surface area contributed by atoms with Crippen LogP contribution in [0.2, 0.25) is 0 Å². The number of rotatable bonds is 9. The zero-order valence-corrected chi connectivity index (χ0v) is 21.7. The second kappa shape index (κ2) is 10.8. The third-order valence-electron chi connectivity index (χ3n) is 5.19. The average Bonchev–Trinajstić information content (AvgIpc) is 3.28. The van der Waals surface area contributed by atoms with Gasteiger partial charge in [-0.15, -0.1) is 4.28 Å². The van der Waals surface area contributed by atoms with Crippen molar-refractivity contribution in [1.82, 2.24) is 35.7 Å². The number of nitrogens with one attached hydrogen (secondary N) is 3. The van der Waals surface area contributed by atoms with Crippen LogP contribution in [0.15, 0.2) is 11.4 Å². The van der Waals surface area contributed by atoms with Gasteiger partial charge in [0.05, 0.1) is 18.4 Å². The molecule has 0 aliphatic carbocycles. The fourth-order valence-electron chi connectivity index (χ4n) is 3.83. The molecule has 0 aromatic carbocycles. The van der Waals surface area contributed by atoms with E-state index in [1.807, 2.05) is 0 Å². The van der Waals surface area contributed by atoms with E-state index in [0.29, 0.717) is 16.3 Å². The van der Waals surface area contributed by atoms with Crippen LogP contribution in [0, 0.1) is 0 Å². The highest BCUT2D eigenvalue weighted by atomic mass is 32.3. The lowest BCUT2D eigenvalue weighted by Crippen LogP contribution is -2.44. The summed E-state index contributed by atoms with van der Waals surface area (Å²) >= 11 is 0. The molecule has 17 nitrogen and oxygen atoms in total. The molecule has 2 aliphatic rings. The molecule has 3 rings (SSSR count). The van der Waals surface area contributed by atoms with Gasteiger partial charge in [-0.3, -0.25) is 14.0 Å². The molecule has 1 saturated heterocycles. The number of alkyl carbamates (subject to hydrolysis) is 1. The van der Waals surface area contributed by atoms with Crippen molar-refractivity contribution in [3.05, 3.63) is 17.5 Å². The van der Waals surface area contributed by atoms with Crippen LogP contribution in [0.5, 0.6) is 0 Å². The number of fused-ring (bicyclic) bond motifs is 4. The zero-order chi connectivity index (χ0) is 27.5. The number of nitrogens with zero attached hydrogens (tertiary/aromatic N) is 5. The highest BCUT2D eigenvalue weighted by Crippen LogP contribution is 2.44. The van der Waals surface area contributed by atoms with E-state index in [0.717, 1.165) is 0 Å². The van der Waals surface area contributed by atoms with Crippen molar-refractivity contribution < 1.29 is 41.2 Å². The Morgan fingerprint density at radius 2 is 1.95 bits per heavy atom. The van der Waals surface area contributed by atoms with Gasteiger partial charge in [0.2, 0.25) is 0 Å². The van der Waals surface area contributed by atoms with Crippen LogP contribution in [0.1, 0.15) is 44.1 Å². The van der Waals surface area contributed by atoms with Gasteiger partial charge in [-0.05, 0) is 20.8 Å². The van der Waals surface area contributed by atoms with E-state index >= 15 is 0 Å². The van der Waals surface area contributed by atoms with Crippen LogP contribution >= 0.6 is 0 Å². The first-order valence-corrected chi connectivity index (χ1v) is 12.5. The fraction of sp³-hybridized carbons (Fsp3) is 0.632. The Hall–Kier alpha value is -3.64. The number of likely N-dealkylation sites (N-methyl/N-ethyl adjacent to an activating group) is 1. The second-order valence-corrected chi connectivity index (χ2v) is 10.1. The highest BCUT2D eigenvalue weighted by Gasteiger charge is 2.53. The Morgan fingerprint density at radius 3 is 2.57 bits per heavy atom. The van der Waals surface area contributed by atoms with Gasteiger partial charge in [0.15, 0.2) is 12.4 Å². The molecule has 37 heavy (non-hydrogen) atoms. The molecule has 0 spiro atoms. The van der Waals surface area contributed by atoms with E-state index in [1.165, 1.54) is 22.8 Å². The number of carbonyl (C=O) groups excluding carboxylic acids is 3. The third-order valence-corrected chi connectivity index (χ3v) is 5.54. The molecule has 4 N–H and O–H groups in total. The van der Waals surface area contributed by atoms with Crippen LogP contribution in [-0.2, 0) is 36.1 Å². The van der Waals surface area contributed by atoms with E-state index in [2.05, 4.69) is 30.5 Å². The lowest BCUT2D eigenvalue weighted by atomic mass is 9.97. The third kappa shape index (κ3) is 6.77. The van der Waals surface area contributed by atoms with Crippen molar-refractivity contribution in [3.8, 4) is 0 Å². The van der Waals surface area contributed by atoms with E-state index < -0.39 is 52.7 Å². The Kier molecular flexibility index (Phi) is 8.13. The number of hydrogen-bond acceptors (Lipinski definition) is 10. The van der Waals surface area contributed by atoms with Crippen LogP contribution in [0.4, 0.5) is 9.59 Å². The molecular weight excluding hydrogens is 516 g/mol. The Labute approximate surface area is 213 Å². The number of urea groups is 1. The Morgan fingerprint density at radius 1 is 1.27 bits per heavy atom. The molecule has 0 unspecified atom stereocenters. The van der Waals surface area contributed by atoms with Crippen molar-refractivity contribution in [3.63, 3.8) is 0 Å². The van der Waals surface area contributed by atoms with Crippen molar-refractivity contribution in [2.75, 3.05) is 33.3 Å². The number of aromatic nitrogens is 2. The average molecular weight is 547 g/mol. The number of amidine groups is 1. The van der Waals surface area contributed by atoms with Gasteiger partial charge in [0.25, 0.3) is 5.91 Å². The first kappa shape index (κ1) is 27.9. The minimum absolute atomic E-state index is 0.0174. The first-order chi connectivity index (χ1) is 17.2. The van der Waals surface area contributed by atoms with E-state index in [9.17, 15) is 22.8 Å². The smallest absolute Gasteiger partial charge is 0.418 e. The van der Waals surface area contributed by atoms with Gasteiger partial charge >= 0.3 is 22.5 Å². The maximum Gasteiger partial charge on any atom is 0.418 e. The molecule has 2 atom stereocenters. The van der Waals surface area contributed by atoms with Gasteiger partial charge in [0, 0.05) is 32.7 Å². The van der Waals surface area contributed by atoms with Crippen molar-refractivity contribution >= 4 is 34.3 Å². The molecule has 0 saturated carbocycles. The summed E-state index contributed by atoms with van der Waals surface area (Å²) < 4.78 is 42.7. The van der Waals surface area contributed by atoms with Crippen LogP contribution in [0.3, 0.4) is 0 Å². The van der Waals surface area contributed by atoms with E-state index in [4.69, 9.17) is 14.1 Å². The summed E-state index contributed by atoms with van der Waals surface area (Å²) in [5.74, 6) is -0.384. The van der Waals surface area contributed by atoms with Crippen molar-refractivity contribution in [1.29, 1.82) is 0 Å². The largest absolute Gasteiger partial charge is 0.444 e. The number of amides is 4. The lowest BCUT2D eigenvalue weighted by Gasteiger charge is -2.31. The van der Waals surface area contributed by atoms with E-state index in [-0.39, 0.29) is 25.5 Å². The maximum atomic E-state index is 12.9. The molecule has 18 heteroatoms. The fourth-order valence-corrected chi connectivity index (χ4v) is 4.20. The quantitative estimate of drug-likeness (QED) is 0.0989. The monoisotopic (exact) mass is 546 g/mol. The number of oxime groups is 1. The molecule has 1 aromatic rings.